The minimum absolute atomic E-state index is 0.0831. The van der Waals surface area contributed by atoms with Crippen molar-refractivity contribution in [1.29, 1.82) is 0 Å². The van der Waals surface area contributed by atoms with Gasteiger partial charge in [-0.2, -0.15) is 0 Å². The number of hydrogen-bond donors (Lipinski definition) is 3. The maximum absolute atomic E-state index is 11.3. The predicted octanol–water partition coefficient (Wildman–Crippen LogP) is 0.721. The van der Waals surface area contributed by atoms with Gasteiger partial charge in [-0.05, 0) is 27.7 Å². The number of hydrogen-bond acceptors (Lipinski definition) is 3. The number of carbonyl (C=O) groups is 3. The van der Waals surface area contributed by atoms with Crippen LogP contribution >= 0.6 is 0 Å². The fourth-order valence-corrected chi connectivity index (χ4v) is 0.946. The third kappa shape index (κ3) is 5.33. The summed E-state index contributed by atoms with van der Waals surface area (Å²) >= 11 is 0. The Kier molecular flexibility index (Phi) is 4.94. The third-order valence-corrected chi connectivity index (χ3v) is 1.85. The van der Waals surface area contributed by atoms with Gasteiger partial charge in [-0.3, -0.25) is 14.9 Å². The van der Waals surface area contributed by atoms with Crippen molar-refractivity contribution in [3.8, 4) is 0 Å². The van der Waals surface area contributed by atoms with Gasteiger partial charge in [0.2, 0.25) is 5.91 Å². The molecule has 0 aliphatic heterocycles. The first-order valence-corrected chi connectivity index (χ1v) is 4.99. The summed E-state index contributed by atoms with van der Waals surface area (Å²) in [6.45, 7) is 6.36. The lowest BCUT2D eigenvalue weighted by atomic mass is 9.89. The molecule has 0 rings (SSSR count). The Hall–Kier alpha value is -1.59. The molecule has 0 radical (unpaired) electrons. The first-order valence-electron chi connectivity index (χ1n) is 4.99. The number of nitrogens with one attached hydrogen (secondary N) is 2. The highest BCUT2D eigenvalue weighted by Gasteiger charge is 2.30. The molecular weight excluding hydrogens is 212 g/mol. The molecule has 3 N–H and O–H groups in total. The number of aliphatic carboxylic acids is 1. The molecule has 0 bridgehead atoms. The second-order valence-corrected chi connectivity index (χ2v) is 4.54. The van der Waals surface area contributed by atoms with Crippen LogP contribution in [-0.2, 0) is 9.59 Å². The predicted molar refractivity (Wildman–Crippen MR) is 57.8 cm³/mol. The zero-order chi connectivity index (χ0) is 12.9. The minimum atomic E-state index is -1.18. The van der Waals surface area contributed by atoms with Crippen molar-refractivity contribution in [1.82, 2.24) is 10.6 Å². The number of carboxylic acid groups (broad SMARTS) is 1. The van der Waals surface area contributed by atoms with Crippen LogP contribution in [0.15, 0.2) is 0 Å². The zero-order valence-electron chi connectivity index (χ0n) is 9.96. The van der Waals surface area contributed by atoms with Gasteiger partial charge in [-0.25, -0.2) is 4.79 Å². The van der Waals surface area contributed by atoms with Crippen LogP contribution < -0.4 is 10.6 Å². The van der Waals surface area contributed by atoms with Crippen LogP contribution in [0.3, 0.4) is 0 Å². The lowest BCUT2D eigenvalue weighted by Crippen LogP contribution is -2.44. The number of carbonyl (C=O) groups excluding carboxylic acids is 2. The Morgan fingerprint density at radius 1 is 1.25 bits per heavy atom. The van der Waals surface area contributed by atoms with Gasteiger partial charge in [-0.1, -0.05) is 0 Å². The number of urea groups is 1. The van der Waals surface area contributed by atoms with Crippen molar-refractivity contribution < 1.29 is 19.5 Å². The van der Waals surface area contributed by atoms with Gasteiger partial charge >= 0.3 is 12.0 Å². The van der Waals surface area contributed by atoms with E-state index >= 15 is 0 Å². The van der Waals surface area contributed by atoms with Crippen LogP contribution in [0.4, 0.5) is 4.79 Å². The number of imide groups is 1. The summed E-state index contributed by atoms with van der Waals surface area (Å²) < 4.78 is 0. The van der Waals surface area contributed by atoms with E-state index in [0.29, 0.717) is 0 Å². The molecule has 3 amide bonds. The SMILES string of the molecule is CC(C)NC(=O)NC(=O)CC(C)(C)C(=O)O. The van der Waals surface area contributed by atoms with Crippen LogP contribution in [0.25, 0.3) is 0 Å². The summed E-state index contributed by atoms with van der Waals surface area (Å²) in [5.74, 6) is -1.68. The van der Waals surface area contributed by atoms with E-state index in [0.717, 1.165) is 0 Å². The average molecular weight is 230 g/mol. The van der Waals surface area contributed by atoms with Crippen LogP contribution in [0, 0.1) is 5.41 Å². The Labute approximate surface area is 94.4 Å². The van der Waals surface area contributed by atoms with Crippen molar-refractivity contribution >= 4 is 17.9 Å². The Morgan fingerprint density at radius 3 is 2.12 bits per heavy atom. The largest absolute Gasteiger partial charge is 0.481 e. The van der Waals surface area contributed by atoms with Crippen LogP contribution in [0.1, 0.15) is 34.1 Å². The van der Waals surface area contributed by atoms with E-state index in [4.69, 9.17) is 5.11 Å². The third-order valence-electron chi connectivity index (χ3n) is 1.85. The fraction of sp³-hybridized carbons (Fsp3) is 0.700. The fourth-order valence-electron chi connectivity index (χ4n) is 0.946. The summed E-state index contributed by atoms with van der Waals surface area (Å²) in [4.78, 5) is 33.2. The molecule has 0 aromatic carbocycles. The van der Waals surface area contributed by atoms with Gasteiger partial charge < -0.3 is 10.4 Å². The summed E-state index contributed by atoms with van der Waals surface area (Å²) in [6.07, 6.45) is -0.242. The molecular formula is C10H18N2O4. The molecule has 0 unspecified atom stereocenters. The van der Waals surface area contributed by atoms with Gasteiger partial charge in [0.05, 0.1) is 5.41 Å². The smallest absolute Gasteiger partial charge is 0.321 e. The second kappa shape index (κ2) is 5.48. The van der Waals surface area contributed by atoms with E-state index < -0.39 is 23.3 Å². The van der Waals surface area contributed by atoms with Crippen molar-refractivity contribution in [2.45, 2.75) is 40.2 Å². The van der Waals surface area contributed by atoms with E-state index in [1.54, 1.807) is 13.8 Å². The van der Waals surface area contributed by atoms with Gasteiger partial charge in [-0.15, -0.1) is 0 Å². The molecule has 0 fully saturated rings. The molecule has 0 atom stereocenters. The van der Waals surface area contributed by atoms with Crippen molar-refractivity contribution in [2.75, 3.05) is 0 Å². The molecule has 92 valence electrons. The second-order valence-electron chi connectivity index (χ2n) is 4.54. The molecule has 6 nitrogen and oxygen atoms in total. The molecule has 16 heavy (non-hydrogen) atoms. The maximum Gasteiger partial charge on any atom is 0.321 e. The highest BCUT2D eigenvalue weighted by Crippen LogP contribution is 2.19. The van der Waals surface area contributed by atoms with Crippen LogP contribution in [0.2, 0.25) is 0 Å². The van der Waals surface area contributed by atoms with Gasteiger partial charge in [0.25, 0.3) is 0 Å². The first kappa shape index (κ1) is 14.4. The van der Waals surface area contributed by atoms with Gasteiger partial charge in [0, 0.05) is 12.5 Å². The molecule has 0 aliphatic rings. The normalized spacial score (nSPS) is 11.1. The summed E-state index contributed by atoms with van der Waals surface area (Å²) in [6, 6.07) is -0.693. The van der Waals surface area contributed by atoms with E-state index in [-0.39, 0.29) is 12.5 Å². The molecule has 0 aromatic rings. The van der Waals surface area contributed by atoms with Crippen molar-refractivity contribution in [3.05, 3.63) is 0 Å². The van der Waals surface area contributed by atoms with Crippen molar-refractivity contribution in [3.63, 3.8) is 0 Å². The lowest BCUT2D eigenvalue weighted by Gasteiger charge is -2.18. The summed E-state index contributed by atoms with van der Waals surface area (Å²) in [5, 5.41) is 13.3. The molecule has 6 heteroatoms. The van der Waals surface area contributed by atoms with Crippen LogP contribution in [-0.4, -0.2) is 29.1 Å². The van der Waals surface area contributed by atoms with Gasteiger partial charge in [0.1, 0.15) is 0 Å². The highest BCUT2D eigenvalue weighted by atomic mass is 16.4. The molecule has 0 aromatic heterocycles. The van der Waals surface area contributed by atoms with E-state index in [1.807, 2.05) is 0 Å². The number of carboxylic acids is 1. The average Bonchev–Trinajstić information content (AvgIpc) is 1.99. The molecule has 0 saturated heterocycles. The summed E-state index contributed by atoms with van der Waals surface area (Å²) in [5.41, 5.74) is -1.18. The van der Waals surface area contributed by atoms with E-state index in [1.165, 1.54) is 13.8 Å². The molecule has 0 spiro atoms. The van der Waals surface area contributed by atoms with E-state index in [2.05, 4.69) is 10.6 Å². The van der Waals surface area contributed by atoms with Crippen LogP contribution in [0.5, 0.6) is 0 Å². The van der Waals surface area contributed by atoms with Crippen molar-refractivity contribution in [2.24, 2.45) is 5.41 Å². The topological polar surface area (TPSA) is 95.5 Å². The van der Waals surface area contributed by atoms with E-state index in [9.17, 15) is 14.4 Å². The quantitative estimate of drug-likeness (QED) is 0.663. The zero-order valence-corrected chi connectivity index (χ0v) is 9.96. The Morgan fingerprint density at radius 2 is 1.75 bits per heavy atom. The Balaban J connectivity index is 4.19. The maximum atomic E-state index is 11.3. The molecule has 0 aliphatic carbocycles. The highest BCUT2D eigenvalue weighted by molar-refractivity contribution is 5.96. The number of amides is 3. The van der Waals surface area contributed by atoms with Gasteiger partial charge in [0.15, 0.2) is 0 Å². The Bertz CT molecular complexity index is 297. The lowest BCUT2D eigenvalue weighted by molar-refractivity contribution is -0.149. The molecule has 0 heterocycles. The molecule has 0 saturated carbocycles. The standard InChI is InChI=1S/C10H18N2O4/c1-6(2)11-9(16)12-7(13)5-10(3,4)8(14)15/h6H,5H2,1-4H3,(H,14,15)(H2,11,12,13,16). The monoisotopic (exact) mass is 230 g/mol. The number of rotatable bonds is 4. The summed E-state index contributed by atoms with van der Waals surface area (Å²) in [7, 11) is 0. The first-order chi connectivity index (χ1) is 7.15. The minimum Gasteiger partial charge on any atom is -0.481 e.